The second-order valence-corrected chi connectivity index (χ2v) is 6.85. The number of carbonyl (C=O) groups is 2. The molecule has 0 aromatic carbocycles. The van der Waals surface area contributed by atoms with Gasteiger partial charge in [-0.05, 0) is 20.3 Å². The summed E-state index contributed by atoms with van der Waals surface area (Å²) in [6.07, 6.45) is -1.10. The molecule has 0 saturated carbocycles. The summed E-state index contributed by atoms with van der Waals surface area (Å²) >= 11 is 0. The van der Waals surface area contributed by atoms with Crippen LogP contribution in [0.5, 0.6) is 0 Å². The van der Waals surface area contributed by atoms with Gasteiger partial charge < -0.3 is 14.0 Å². The lowest BCUT2D eigenvalue weighted by Gasteiger charge is -2.11. The van der Waals surface area contributed by atoms with Crippen molar-refractivity contribution >= 4 is 19.1 Å². The van der Waals surface area contributed by atoms with Crippen molar-refractivity contribution in [1.29, 1.82) is 0 Å². The Bertz CT molecular complexity index is 267. The number of esters is 2. The van der Waals surface area contributed by atoms with Crippen molar-refractivity contribution in [3.63, 3.8) is 0 Å². The van der Waals surface area contributed by atoms with Gasteiger partial charge in [-0.25, -0.2) is 4.79 Å². The van der Waals surface area contributed by atoms with Crippen LogP contribution in [0.1, 0.15) is 6.92 Å². The summed E-state index contributed by atoms with van der Waals surface area (Å²) in [5, 5.41) is 0. The molecule has 0 aromatic heterocycles. The monoisotopic (exact) mass is 222 g/mol. The predicted molar refractivity (Wildman–Crippen MR) is 51.9 cm³/mol. The highest BCUT2D eigenvalue weighted by molar-refractivity contribution is 7.63. The Morgan fingerprint density at radius 2 is 1.86 bits per heavy atom. The van der Waals surface area contributed by atoms with Crippen LogP contribution in [0.4, 0.5) is 0 Å². The molecule has 5 nitrogen and oxygen atoms in total. The van der Waals surface area contributed by atoms with Crippen molar-refractivity contribution < 1.29 is 23.6 Å². The van der Waals surface area contributed by atoms with Gasteiger partial charge in [0, 0.05) is 0 Å². The van der Waals surface area contributed by atoms with Crippen molar-refractivity contribution in [1.82, 2.24) is 0 Å². The number of hydrogen-bond acceptors (Lipinski definition) is 5. The lowest BCUT2D eigenvalue weighted by Crippen LogP contribution is -2.26. The molecule has 0 bridgehead atoms. The number of methoxy groups -OCH3 is 1. The minimum atomic E-state index is -2.44. The Balaban J connectivity index is 4.08. The molecule has 0 saturated heterocycles. The Hall–Kier alpha value is -0.830. The first-order chi connectivity index (χ1) is 6.26. The molecule has 1 unspecified atom stereocenters. The maximum Gasteiger partial charge on any atom is 0.346 e. The highest BCUT2D eigenvalue weighted by atomic mass is 31.2. The molecule has 82 valence electrons. The second-order valence-electron chi connectivity index (χ2n) is 3.39. The molecular formula is C8H15O5P. The van der Waals surface area contributed by atoms with Gasteiger partial charge in [0.1, 0.15) is 0 Å². The first kappa shape index (κ1) is 13.2. The van der Waals surface area contributed by atoms with Gasteiger partial charge in [-0.15, -0.1) is 0 Å². The van der Waals surface area contributed by atoms with Crippen LogP contribution in [-0.2, 0) is 23.6 Å². The first-order valence-corrected chi connectivity index (χ1v) is 6.86. The van der Waals surface area contributed by atoms with E-state index in [1.54, 1.807) is 0 Å². The van der Waals surface area contributed by atoms with E-state index < -0.39 is 25.2 Å². The normalized spacial score (nSPS) is 13.1. The first-order valence-electron chi connectivity index (χ1n) is 4.07. The Morgan fingerprint density at radius 3 is 2.21 bits per heavy atom. The number of carbonyl (C=O) groups excluding carboxylic acids is 2. The SMILES string of the molecule is COC(=O)C(C)OC(=O)CP(C)(C)=O. The van der Waals surface area contributed by atoms with E-state index in [2.05, 4.69) is 4.74 Å². The molecule has 0 spiro atoms. The maximum absolute atomic E-state index is 11.2. The highest BCUT2D eigenvalue weighted by Crippen LogP contribution is 2.35. The van der Waals surface area contributed by atoms with Crippen molar-refractivity contribution in [2.24, 2.45) is 0 Å². The summed E-state index contributed by atoms with van der Waals surface area (Å²) in [6.45, 7) is 4.37. The van der Waals surface area contributed by atoms with E-state index >= 15 is 0 Å². The summed E-state index contributed by atoms with van der Waals surface area (Å²) in [6, 6.07) is 0. The Kier molecular flexibility index (Phi) is 4.85. The molecule has 0 fully saturated rings. The molecule has 0 amide bonds. The number of rotatable bonds is 4. The van der Waals surface area contributed by atoms with Gasteiger partial charge in [-0.3, -0.25) is 4.79 Å². The van der Waals surface area contributed by atoms with E-state index in [4.69, 9.17) is 4.74 Å². The van der Waals surface area contributed by atoms with E-state index in [-0.39, 0.29) is 6.16 Å². The van der Waals surface area contributed by atoms with Crippen LogP contribution in [-0.4, -0.2) is 44.6 Å². The molecular weight excluding hydrogens is 207 g/mol. The molecule has 0 aliphatic rings. The smallest absolute Gasteiger partial charge is 0.346 e. The fourth-order valence-corrected chi connectivity index (χ4v) is 1.46. The van der Waals surface area contributed by atoms with Crippen LogP contribution in [0, 0.1) is 0 Å². The minimum Gasteiger partial charge on any atom is -0.466 e. The van der Waals surface area contributed by atoms with E-state index in [1.807, 2.05) is 0 Å². The van der Waals surface area contributed by atoms with E-state index in [0.29, 0.717) is 0 Å². The average Bonchev–Trinajstić information content (AvgIpc) is 1.99. The van der Waals surface area contributed by atoms with Crippen LogP contribution in [0.2, 0.25) is 0 Å². The van der Waals surface area contributed by atoms with E-state index in [9.17, 15) is 14.2 Å². The average molecular weight is 222 g/mol. The molecule has 0 N–H and O–H groups in total. The van der Waals surface area contributed by atoms with Gasteiger partial charge in [-0.1, -0.05) is 0 Å². The van der Waals surface area contributed by atoms with Crippen LogP contribution in [0.25, 0.3) is 0 Å². The maximum atomic E-state index is 11.2. The molecule has 0 aliphatic carbocycles. The lowest BCUT2D eigenvalue weighted by molar-refractivity contribution is -0.163. The molecule has 0 rings (SSSR count). The quantitative estimate of drug-likeness (QED) is 0.517. The van der Waals surface area contributed by atoms with Gasteiger partial charge in [0.2, 0.25) is 0 Å². The highest BCUT2D eigenvalue weighted by Gasteiger charge is 2.21. The zero-order valence-electron chi connectivity index (χ0n) is 8.77. The standard InChI is InChI=1S/C8H15O5P/c1-6(8(10)12-2)13-7(9)5-14(3,4)11/h6H,5H2,1-4H3. The van der Waals surface area contributed by atoms with Gasteiger partial charge in [0.25, 0.3) is 0 Å². The Labute approximate surface area is 83.1 Å². The summed E-state index contributed by atoms with van der Waals surface area (Å²) in [5.74, 6) is -1.27. The van der Waals surface area contributed by atoms with Gasteiger partial charge in [-0.2, -0.15) is 0 Å². The van der Waals surface area contributed by atoms with Crippen molar-refractivity contribution in [2.45, 2.75) is 13.0 Å². The third-order valence-corrected chi connectivity index (χ3v) is 2.37. The van der Waals surface area contributed by atoms with Crippen LogP contribution < -0.4 is 0 Å². The molecule has 0 aromatic rings. The third kappa shape index (κ3) is 5.75. The molecule has 1 atom stereocenters. The molecule has 0 radical (unpaired) electrons. The lowest BCUT2D eigenvalue weighted by atomic mass is 10.4. The van der Waals surface area contributed by atoms with Gasteiger partial charge in [0.05, 0.1) is 20.4 Å². The van der Waals surface area contributed by atoms with Crippen molar-refractivity contribution in [3.8, 4) is 0 Å². The number of hydrogen-bond donors (Lipinski definition) is 0. The second kappa shape index (κ2) is 5.15. The van der Waals surface area contributed by atoms with Crippen LogP contribution in [0.15, 0.2) is 0 Å². The summed E-state index contributed by atoms with van der Waals surface area (Å²) in [5.41, 5.74) is 0. The fourth-order valence-electron chi connectivity index (χ4n) is 0.759. The molecule has 0 heterocycles. The zero-order valence-corrected chi connectivity index (χ0v) is 9.67. The summed E-state index contributed by atoms with van der Waals surface area (Å²) in [7, 11) is -1.24. The van der Waals surface area contributed by atoms with Crippen LogP contribution in [0.3, 0.4) is 0 Å². The van der Waals surface area contributed by atoms with Crippen molar-refractivity contribution in [2.75, 3.05) is 26.6 Å². The van der Waals surface area contributed by atoms with E-state index in [0.717, 1.165) is 0 Å². The van der Waals surface area contributed by atoms with Gasteiger partial charge in [0.15, 0.2) is 6.10 Å². The summed E-state index contributed by atoms with van der Waals surface area (Å²) < 4.78 is 20.3. The minimum absolute atomic E-state index is 0.158. The largest absolute Gasteiger partial charge is 0.466 e. The van der Waals surface area contributed by atoms with Gasteiger partial charge >= 0.3 is 11.9 Å². The summed E-state index contributed by atoms with van der Waals surface area (Å²) in [4.78, 5) is 21.9. The van der Waals surface area contributed by atoms with Crippen LogP contribution >= 0.6 is 7.14 Å². The third-order valence-electron chi connectivity index (χ3n) is 1.35. The fraction of sp³-hybridized carbons (Fsp3) is 0.750. The topological polar surface area (TPSA) is 69.7 Å². The predicted octanol–water partition coefficient (Wildman–Crippen LogP) is 0.714. The number of ether oxygens (including phenoxy) is 2. The zero-order chi connectivity index (χ0) is 11.4. The Morgan fingerprint density at radius 1 is 1.36 bits per heavy atom. The molecule has 14 heavy (non-hydrogen) atoms. The molecule has 0 aliphatic heterocycles. The van der Waals surface area contributed by atoms with Crippen molar-refractivity contribution in [3.05, 3.63) is 0 Å². The molecule has 6 heteroatoms. The van der Waals surface area contributed by atoms with E-state index in [1.165, 1.54) is 27.4 Å².